The molecule has 21 heavy (non-hydrogen) atoms. The van der Waals surface area contributed by atoms with Crippen LogP contribution in [-0.4, -0.2) is 20.9 Å². The van der Waals surface area contributed by atoms with Gasteiger partial charge in [0.1, 0.15) is 5.70 Å². The number of rotatable bonds is 3. The van der Waals surface area contributed by atoms with Gasteiger partial charge in [-0.2, -0.15) is 0 Å². The van der Waals surface area contributed by atoms with Crippen molar-refractivity contribution in [1.29, 1.82) is 0 Å². The second-order valence-corrected chi connectivity index (χ2v) is 5.04. The number of thiocarbonyl (C=S) groups is 1. The van der Waals surface area contributed by atoms with E-state index in [1.165, 1.54) is 0 Å². The molecule has 5 heteroatoms. The molecule has 4 nitrogen and oxygen atoms in total. The summed E-state index contributed by atoms with van der Waals surface area (Å²) in [5.74, 6) is -0.118. The molecule has 1 amide bonds. The van der Waals surface area contributed by atoms with Gasteiger partial charge in [0.05, 0.1) is 6.54 Å². The highest BCUT2D eigenvalue weighted by molar-refractivity contribution is 7.80. The number of aromatic nitrogens is 1. The first-order valence-electron chi connectivity index (χ1n) is 6.52. The van der Waals surface area contributed by atoms with Crippen molar-refractivity contribution in [3.05, 3.63) is 71.7 Å². The number of amides is 1. The summed E-state index contributed by atoms with van der Waals surface area (Å²) in [4.78, 5) is 18.0. The first-order chi connectivity index (χ1) is 10.2. The van der Waals surface area contributed by atoms with Crippen LogP contribution in [0.15, 0.2) is 60.6 Å². The van der Waals surface area contributed by atoms with Gasteiger partial charge in [-0.3, -0.25) is 14.7 Å². The van der Waals surface area contributed by atoms with Crippen LogP contribution in [0.1, 0.15) is 11.1 Å². The molecule has 0 radical (unpaired) electrons. The van der Waals surface area contributed by atoms with Gasteiger partial charge in [-0.15, -0.1) is 0 Å². The number of carbonyl (C=O) groups is 1. The van der Waals surface area contributed by atoms with Crippen molar-refractivity contribution in [1.82, 2.24) is 15.2 Å². The van der Waals surface area contributed by atoms with Crippen LogP contribution >= 0.6 is 12.2 Å². The quantitative estimate of drug-likeness (QED) is 0.697. The molecular formula is C16H13N3OS. The Morgan fingerprint density at radius 1 is 1.19 bits per heavy atom. The molecule has 0 bridgehead atoms. The van der Waals surface area contributed by atoms with Crippen molar-refractivity contribution in [3.63, 3.8) is 0 Å². The Kier molecular flexibility index (Phi) is 3.75. The second kappa shape index (κ2) is 5.85. The highest BCUT2D eigenvalue weighted by Crippen LogP contribution is 2.16. The maximum atomic E-state index is 12.4. The highest BCUT2D eigenvalue weighted by Gasteiger charge is 2.30. The summed E-state index contributed by atoms with van der Waals surface area (Å²) in [5, 5.41) is 3.39. The van der Waals surface area contributed by atoms with Gasteiger partial charge < -0.3 is 5.32 Å². The molecule has 1 aromatic carbocycles. The first-order valence-corrected chi connectivity index (χ1v) is 6.93. The van der Waals surface area contributed by atoms with E-state index in [1.54, 1.807) is 23.4 Å². The fourth-order valence-electron chi connectivity index (χ4n) is 2.11. The number of hydrogen-bond donors (Lipinski definition) is 1. The van der Waals surface area contributed by atoms with E-state index in [1.807, 2.05) is 42.5 Å². The number of nitrogens with one attached hydrogen (secondary N) is 1. The first kappa shape index (κ1) is 13.5. The molecule has 1 saturated heterocycles. The van der Waals surface area contributed by atoms with E-state index >= 15 is 0 Å². The van der Waals surface area contributed by atoms with Gasteiger partial charge in [0, 0.05) is 12.4 Å². The maximum absolute atomic E-state index is 12.4. The Balaban J connectivity index is 1.81. The van der Waals surface area contributed by atoms with Gasteiger partial charge in [-0.1, -0.05) is 36.4 Å². The van der Waals surface area contributed by atoms with Crippen LogP contribution < -0.4 is 5.32 Å². The Hall–Kier alpha value is -2.53. The molecule has 2 aromatic rings. The number of carbonyl (C=O) groups excluding carboxylic acids is 1. The van der Waals surface area contributed by atoms with E-state index < -0.39 is 0 Å². The van der Waals surface area contributed by atoms with Crippen LogP contribution in [0.5, 0.6) is 0 Å². The Labute approximate surface area is 128 Å². The summed E-state index contributed by atoms with van der Waals surface area (Å²) in [6.07, 6.45) is 5.15. The lowest BCUT2D eigenvalue weighted by atomic mass is 10.2. The van der Waals surface area contributed by atoms with E-state index in [9.17, 15) is 4.79 Å². The van der Waals surface area contributed by atoms with Crippen molar-refractivity contribution in [2.24, 2.45) is 0 Å². The number of benzene rings is 1. The van der Waals surface area contributed by atoms with Crippen LogP contribution in [0.2, 0.25) is 0 Å². The van der Waals surface area contributed by atoms with Crippen molar-refractivity contribution < 1.29 is 4.79 Å². The average molecular weight is 295 g/mol. The molecule has 0 aliphatic carbocycles. The molecular weight excluding hydrogens is 282 g/mol. The SMILES string of the molecule is O=C1/C(=C\c2cccnc2)NC(=S)N1Cc1ccccc1. The third-order valence-corrected chi connectivity index (χ3v) is 3.46. The molecule has 0 atom stereocenters. The Morgan fingerprint density at radius 2 is 2.00 bits per heavy atom. The Morgan fingerprint density at radius 3 is 2.71 bits per heavy atom. The zero-order valence-electron chi connectivity index (χ0n) is 11.2. The van der Waals surface area contributed by atoms with Gasteiger partial charge in [0.25, 0.3) is 5.91 Å². The third-order valence-electron chi connectivity index (χ3n) is 3.14. The summed E-state index contributed by atoms with van der Waals surface area (Å²) in [7, 11) is 0. The van der Waals surface area contributed by atoms with Crippen LogP contribution in [0, 0.1) is 0 Å². The van der Waals surface area contributed by atoms with Gasteiger partial charge in [0.2, 0.25) is 0 Å². The largest absolute Gasteiger partial charge is 0.328 e. The average Bonchev–Trinajstić information content (AvgIpc) is 2.77. The molecule has 1 aliphatic rings. The van der Waals surface area contributed by atoms with Crippen LogP contribution in [0.25, 0.3) is 6.08 Å². The van der Waals surface area contributed by atoms with Gasteiger partial charge in [-0.25, -0.2) is 0 Å². The van der Waals surface area contributed by atoms with Crippen LogP contribution in [-0.2, 0) is 11.3 Å². The molecule has 3 rings (SSSR count). The fourth-order valence-corrected chi connectivity index (χ4v) is 2.37. The summed E-state index contributed by atoms with van der Waals surface area (Å²) >= 11 is 5.25. The summed E-state index contributed by atoms with van der Waals surface area (Å²) in [6, 6.07) is 13.5. The second-order valence-electron chi connectivity index (χ2n) is 4.65. The van der Waals surface area contributed by atoms with E-state index in [4.69, 9.17) is 12.2 Å². The standard InChI is InChI=1S/C16H13N3OS/c20-15-14(9-13-7-4-8-17-10-13)18-16(21)19(15)11-12-5-2-1-3-6-12/h1-10H,11H2,(H,18,21)/b14-9+. The van der Waals surface area contributed by atoms with Gasteiger partial charge >= 0.3 is 0 Å². The lowest BCUT2D eigenvalue weighted by Crippen LogP contribution is -2.29. The van der Waals surface area contributed by atoms with E-state index in [2.05, 4.69) is 10.3 Å². The minimum Gasteiger partial charge on any atom is -0.328 e. The van der Waals surface area contributed by atoms with Crippen LogP contribution in [0.3, 0.4) is 0 Å². The molecule has 0 saturated carbocycles. The lowest BCUT2D eigenvalue weighted by Gasteiger charge is -2.13. The predicted molar refractivity (Wildman–Crippen MR) is 84.9 cm³/mol. The summed E-state index contributed by atoms with van der Waals surface area (Å²) < 4.78 is 0. The molecule has 2 heterocycles. The number of hydrogen-bond acceptors (Lipinski definition) is 3. The minimum atomic E-state index is -0.118. The molecule has 104 valence electrons. The molecule has 1 aromatic heterocycles. The van der Waals surface area contributed by atoms with Gasteiger partial charge in [0.15, 0.2) is 5.11 Å². The Bertz CT molecular complexity index is 698. The van der Waals surface area contributed by atoms with Crippen molar-refractivity contribution >= 4 is 29.3 Å². The van der Waals surface area contributed by atoms with E-state index in [0.29, 0.717) is 17.4 Å². The van der Waals surface area contributed by atoms with Gasteiger partial charge in [-0.05, 0) is 35.5 Å². The molecule has 0 unspecified atom stereocenters. The third kappa shape index (κ3) is 2.98. The zero-order valence-corrected chi connectivity index (χ0v) is 12.0. The topological polar surface area (TPSA) is 45.2 Å². The van der Waals surface area contributed by atoms with Crippen molar-refractivity contribution in [2.75, 3.05) is 0 Å². The smallest absolute Gasteiger partial charge is 0.276 e. The molecule has 0 spiro atoms. The molecule has 1 aliphatic heterocycles. The maximum Gasteiger partial charge on any atom is 0.276 e. The predicted octanol–water partition coefficient (Wildman–Crippen LogP) is 2.34. The zero-order chi connectivity index (χ0) is 14.7. The van der Waals surface area contributed by atoms with Crippen molar-refractivity contribution in [2.45, 2.75) is 6.54 Å². The van der Waals surface area contributed by atoms with Crippen LogP contribution in [0.4, 0.5) is 0 Å². The van der Waals surface area contributed by atoms with E-state index in [-0.39, 0.29) is 5.91 Å². The number of nitrogens with zero attached hydrogens (tertiary/aromatic N) is 2. The molecule has 1 N–H and O–H groups in total. The normalized spacial score (nSPS) is 16.4. The fraction of sp³-hybridized carbons (Fsp3) is 0.0625. The minimum absolute atomic E-state index is 0.118. The summed E-state index contributed by atoms with van der Waals surface area (Å²) in [6.45, 7) is 0.468. The lowest BCUT2D eigenvalue weighted by molar-refractivity contribution is -0.122. The summed E-state index contributed by atoms with van der Waals surface area (Å²) in [5.41, 5.74) is 2.37. The highest BCUT2D eigenvalue weighted by atomic mass is 32.1. The van der Waals surface area contributed by atoms with Crippen molar-refractivity contribution in [3.8, 4) is 0 Å². The van der Waals surface area contributed by atoms with E-state index in [0.717, 1.165) is 11.1 Å². The monoisotopic (exact) mass is 295 g/mol. The molecule has 1 fully saturated rings. The number of pyridine rings is 1.